The molecular weight excluding hydrogens is 270 g/mol. The van der Waals surface area contributed by atoms with Gasteiger partial charge in [0.05, 0.1) is 19.3 Å². The minimum Gasteiger partial charge on any atom is -0.494 e. The first-order valence-electron chi connectivity index (χ1n) is 7.42. The van der Waals surface area contributed by atoms with Gasteiger partial charge in [0.25, 0.3) is 0 Å². The van der Waals surface area contributed by atoms with Crippen LogP contribution in [0.2, 0.25) is 0 Å². The molecule has 2 atom stereocenters. The first kappa shape index (κ1) is 15.8. The molecule has 2 unspecified atom stereocenters. The van der Waals surface area contributed by atoms with Crippen molar-refractivity contribution in [3.05, 3.63) is 24.3 Å². The van der Waals surface area contributed by atoms with E-state index in [2.05, 4.69) is 0 Å². The highest BCUT2D eigenvalue weighted by Gasteiger charge is 2.25. The summed E-state index contributed by atoms with van der Waals surface area (Å²) in [5.41, 5.74) is 0. The number of carbonyl (C=O) groups is 1. The Balaban J connectivity index is 1.81. The predicted molar refractivity (Wildman–Crippen MR) is 79.5 cm³/mol. The molecule has 0 saturated carbocycles. The number of esters is 1. The SMILES string of the molecule is CCOc1ccc(OC(=O)CN2CCC(O)C(C)C2)cc1. The van der Waals surface area contributed by atoms with E-state index in [9.17, 15) is 9.90 Å². The van der Waals surface area contributed by atoms with Crippen molar-refractivity contribution in [1.82, 2.24) is 4.90 Å². The van der Waals surface area contributed by atoms with Crippen LogP contribution in [0, 0.1) is 5.92 Å². The van der Waals surface area contributed by atoms with Crippen LogP contribution in [0.3, 0.4) is 0 Å². The fourth-order valence-corrected chi connectivity index (χ4v) is 2.48. The number of hydrogen-bond donors (Lipinski definition) is 1. The quantitative estimate of drug-likeness (QED) is 0.661. The van der Waals surface area contributed by atoms with E-state index in [-0.39, 0.29) is 24.5 Å². The number of benzene rings is 1. The van der Waals surface area contributed by atoms with Crippen LogP contribution in [-0.2, 0) is 4.79 Å². The maximum atomic E-state index is 11.9. The van der Waals surface area contributed by atoms with Crippen LogP contribution in [0.5, 0.6) is 11.5 Å². The molecule has 1 aromatic carbocycles. The van der Waals surface area contributed by atoms with Crippen molar-refractivity contribution in [2.75, 3.05) is 26.2 Å². The molecule has 1 saturated heterocycles. The summed E-state index contributed by atoms with van der Waals surface area (Å²) in [7, 11) is 0. The first-order valence-corrected chi connectivity index (χ1v) is 7.42. The van der Waals surface area contributed by atoms with E-state index in [4.69, 9.17) is 9.47 Å². The lowest BCUT2D eigenvalue weighted by Gasteiger charge is -2.33. The third-order valence-electron chi connectivity index (χ3n) is 3.66. The van der Waals surface area contributed by atoms with Gasteiger partial charge in [-0.05, 0) is 43.5 Å². The maximum Gasteiger partial charge on any atom is 0.325 e. The van der Waals surface area contributed by atoms with Crippen LogP contribution in [-0.4, -0.2) is 48.3 Å². The number of rotatable bonds is 5. The average Bonchev–Trinajstić information content (AvgIpc) is 2.45. The molecule has 0 aromatic heterocycles. The molecule has 5 nitrogen and oxygen atoms in total. The van der Waals surface area contributed by atoms with Crippen molar-refractivity contribution in [2.45, 2.75) is 26.4 Å². The molecule has 1 N–H and O–H groups in total. The zero-order chi connectivity index (χ0) is 15.2. The zero-order valence-corrected chi connectivity index (χ0v) is 12.6. The van der Waals surface area contributed by atoms with Crippen LogP contribution in [0.15, 0.2) is 24.3 Å². The van der Waals surface area contributed by atoms with E-state index in [1.807, 2.05) is 18.7 Å². The molecular formula is C16H23NO4. The topological polar surface area (TPSA) is 59.0 Å². The number of likely N-dealkylation sites (tertiary alicyclic amines) is 1. The first-order chi connectivity index (χ1) is 10.1. The Labute approximate surface area is 125 Å². The molecule has 1 aliphatic rings. The lowest BCUT2D eigenvalue weighted by molar-refractivity contribution is -0.136. The summed E-state index contributed by atoms with van der Waals surface area (Å²) >= 11 is 0. The molecule has 5 heteroatoms. The van der Waals surface area contributed by atoms with Crippen molar-refractivity contribution in [1.29, 1.82) is 0 Å². The highest BCUT2D eigenvalue weighted by atomic mass is 16.5. The number of piperidine rings is 1. The summed E-state index contributed by atoms with van der Waals surface area (Å²) in [6.07, 6.45) is 0.445. The standard InChI is InChI=1S/C16H23NO4/c1-3-20-13-4-6-14(7-5-13)21-16(19)11-17-9-8-15(18)12(2)10-17/h4-7,12,15,18H,3,8-11H2,1-2H3. The molecule has 1 aromatic rings. The fraction of sp³-hybridized carbons (Fsp3) is 0.562. The Morgan fingerprint density at radius 1 is 1.33 bits per heavy atom. The molecule has 0 aliphatic carbocycles. The Bertz CT molecular complexity index is 460. The van der Waals surface area contributed by atoms with Gasteiger partial charge in [-0.1, -0.05) is 6.92 Å². The summed E-state index contributed by atoms with van der Waals surface area (Å²) in [5.74, 6) is 1.20. The van der Waals surface area contributed by atoms with E-state index in [0.29, 0.717) is 18.8 Å². The number of ether oxygens (including phenoxy) is 2. The predicted octanol–water partition coefficient (Wildman–Crippen LogP) is 1.69. The van der Waals surface area contributed by atoms with E-state index >= 15 is 0 Å². The smallest absolute Gasteiger partial charge is 0.325 e. The average molecular weight is 293 g/mol. The summed E-state index contributed by atoms with van der Waals surface area (Å²) in [6.45, 7) is 6.23. The summed E-state index contributed by atoms with van der Waals surface area (Å²) < 4.78 is 10.7. The summed E-state index contributed by atoms with van der Waals surface area (Å²) in [6, 6.07) is 7.02. The second-order valence-electron chi connectivity index (χ2n) is 5.45. The Kier molecular flexibility index (Phi) is 5.59. The van der Waals surface area contributed by atoms with Crippen LogP contribution >= 0.6 is 0 Å². The van der Waals surface area contributed by atoms with Gasteiger partial charge in [-0.2, -0.15) is 0 Å². The minimum absolute atomic E-state index is 0.192. The van der Waals surface area contributed by atoms with Gasteiger partial charge in [-0.15, -0.1) is 0 Å². The Morgan fingerprint density at radius 3 is 2.62 bits per heavy atom. The van der Waals surface area contributed by atoms with Gasteiger partial charge in [-0.3, -0.25) is 9.69 Å². The molecule has 21 heavy (non-hydrogen) atoms. The third-order valence-corrected chi connectivity index (χ3v) is 3.66. The normalized spacial score (nSPS) is 22.8. The Morgan fingerprint density at radius 2 is 2.00 bits per heavy atom. The number of aliphatic hydroxyl groups excluding tert-OH is 1. The molecule has 0 bridgehead atoms. The van der Waals surface area contributed by atoms with Gasteiger partial charge in [0.2, 0.25) is 0 Å². The van der Waals surface area contributed by atoms with Crippen molar-refractivity contribution >= 4 is 5.97 Å². The molecule has 1 heterocycles. The van der Waals surface area contributed by atoms with Crippen molar-refractivity contribution < 1.29 is 19.4 Å². The van der Waals surface area contributed by atoms with E-state index in [0.717, 1.165) is 18.8 Å². The molecule has 116 valence electrons. The van der Waals surface area contributed by atoms with Crippen LogP contribution < -0.4 is 9.47 Å². The van der Waals surface area contributed by atoms with Crippen LogP contribution in [0.1, 0.15) is 20.3 Å². The van der Waals surface area contributed by atoms with Gasteiger partial charge in [-0.25, -0.2) is 0 Å². The highest BCUT2D eigenvalue weighted by Crippen LogP contribution is 2.19. The number of nitrogens with zero attached hydrogens (tertiary/aromatic N) is 1. The number of aliphatic hydroxyl groups is 1. The zero-order valence-electron chi connectivity index (χ0n) is 12.6. The lowest BCUT2D eigenvalue weighted by atomic mass is 9.97. The van der Waals surface area contributed by atoms with Gasteiger partial charge < -0.3 is 14.6 Å². The van der Waals surface area contributed by atoms with Gasteiger partial charge >= 0.3 is 5.97 Å². The second kappa shape index (κ2) is 7.43. The lowest BCUT2D eigenvalue weighted by Crippen LogP contribution is -2.44. The van der Waals surface area contributed by atoms with Crippen LogP contribution in [0.25, 0.3) is 0 Å². The summed E-state index contributed by atoms with van der Waals surface area (Å²) in [5, 5.41) is 9.68. The molecule has 2 rings (SSSR count). The largest absolute Gasteiger partial charge is 0.494 e. The van der Waals surface area contributed by atoms with Gasteiger partial charge in [0.1, 0.15) is 11.5 Å². The number of carbonyl (C=O) groups excluding carboxylic acids is 1. The fourth-order valence-electron chi connectivity index (χ4n) is 2.48. The van der Waals surface area contributed by atoms with E-state index < -0.39 is 0 Å². The van der Waals surface area contributed by atoms with Crippen molar-refractivity contribution in [3.8, 4) is 11.5 Å². The van der Waals surface area contributed by atoms with Crippen molar-refractivity contribution in [2.24, 2.45) is 5.92 Å². The highest BCUT2D eigenvalue weighted by molar-refractivity contribution is 5.74. The molecule has 0 amide bonds. The second-order valence-corrected chi connectivity index (χ2v) is 5.45. The Hall–Kier alpha value is -1.59. The van der Waals surface area contributed by atoms with Gasteiger partial charge in [0.15, 0.2) is 0 Å². The monoisotopic (exact) mass is 293 g/mol. The summed E-state index contributed by atoms with van der Waals surface area (Å²) in [4.78, 5) is 13.9. The van der Waals surface area contributed by atoms with Crippen molar-refractivity contribution in [3.63, 3.8) is 0 Å². The van der Waals surface area contributed by atoms with Gasteiger partial charge in [0, 0.05) is 13.1 Å². The maximum absolute atomic E-state index is 11.9. The number of hydrogen-bond acceptors (Lipinski definition) is 5. The minimum atomic E-state index is -0.275. The molecule has 0 spiro atoms. The molecule has 1 aliphatic heterocycles. The van der Waals surface area contributed by atoms with E-state index in [1.54, 1.807) is 24.3 Å². The third kappa shape index (κ3) is 4.72. The molecule has 1 fully saturated rings. The van der Waals surface area contributed by atoms with E-state index in [1.165, 1.54) is 0 Å². The van der Waals surface area contributed by atoms with Crippen LogP contribution in [0.4, 0.5) is 0 Å². The molecule has 0 radical (unpaired) electrons.